The molecule has 0 aliphatic carbocycles. The van der Waals surface area contributed by atoms with E-state index in [1.54, 1.807) is 11.8 Å². The number of pyridine rings is 1. The topological polar surface area (TPSA) is 45.8 Å². The number of aldehydes is 1. The number of nitrogens with one attached hydrogen (secondary N) is 1. The van der Waals surface area contributed by atoms with Gasteiger partial charge in [-0.25, -0.2) is 4.98 Å². The maximum absolute atomic E-state index is 12.3. The summed E-state index contributed by atoms with van der Waals surface area (Å²) in [5.41, 5.74) is 4.22. The van der Waals surface area contributed by atoms with Crippen LogP contribution in [-0.2, 0) is 11.2 Å². The van der Waals surface area contributed by atoms with Crippen LogP contribution in [0.1, 0.15) is 37.9 Å². The summed E-state index contributed by atoms with van der Waals surface area (Å²) in [5, 5.41) is 3.27. The fraction of sp³-hybridized carbons (Fsp3) is 0.200. The van der Waals surface area contributed by atoms with Gasteiger partial charge in [-0.05, 0) is 42.3 Å². The lowest BCUT2D eigenvalue weighted by Gasteiger charge is -2.20. The average Bonchev–Trinajstić information content (AvgIpc) is 3.19. The van der Waals surface area contributed by atoms with E-state index in [4.69, 9.17) is 4.98 Å². The lowest BCUT2D eigenvalue weighted by atomic mass is 9.97. The van der Waals surface area contributed by atoms with Crippen LogP contribution in [0.3, 0.4) is 0 Å². The molecule has 2 aromatic heterocycles. The Bertz CT molecular complexity index is 1490. The second kappa shape index (κ2) is 9.92. The van der Waals surface area contributed by atoms with Crippen molar-refractivity contribution in [2.24, 2.45) is 0 Å². The summed E-state index contributed by atoms with van der Waals surface area (Å²) in [7, 11) is 0. The van der Waals surface area contributed by atoms with Crippen LogP contribution in [0.2, 0.25) is 0 Å². The summed E-state index contributed by atoms with van der Waals surface area (Å²) in [6.45, 7) is 6.64. The summed E-state index contributed by atoms with van der Waals surface area (Å²) in [6, 6.07) is 29.1. The van der Waals surface area contributed by atoms with Gasteiger partial charge in [0.15, 0.2) is 0 Å². The first-order chi connectivity index (χ1) is 16.9. The molecule has 0 saturated carbocycles. The number of hydrogen-bond acceptors (Lipinski definition) is 4. The Morgan fingerprint density at radius 1 is 0.943 bits per heavy atom. The molecule has 2 heterocycles. The van der Waals surface area contributed by atoms with Crippen LogP contribution in [0, 0.1) is 0 Å². The molecular formula is C30H28N2OS2. The summed E-state index contributed by atoms with van der Waals surface area (Å²) in [6.07, 6.45) is 1.76. The molecule has 1 unspecified atom stereocenters. The summed E-state index contributed by atoms with van der Waals surface area (Å²) < 4.78 is 0.00705. The van der Waals surface area contributed by atoms with Crippen LogP contribution in [0.5, 0.6) is 0 Å². The molecule has 5 heteroatoms. The fourth-order valence-corrected chi connectivity index (χ4v) is 6.26. The quantitative estimate of drug-likeness (QED) is 0.182. The highest BCUT2D eigenvalue weighted by Gasteiger charge is 2.25. The van der Waals surface area contributed by atoms with Gasteiger partial charge in [-0.1, -0.05) is 87.1 Å². The predicted octanol–water partition coefficient (Wildman–Crippen LogP) is 8.28. The Labute approximate surface area is 214 Å². The fourth-order valence-electron chi connectivity index (χ4n) is 4.22. The Morgan fingerprint density at radius 3 is 2.49 bits per heavy atom. The van der Waals surface area contributed by atoms with E-state index >= 15 is 0 Å². The van der Waals surface area contributed by atoms with Crippen molar-refractivity contribution in [1.82, 2.24) is 9.97 Å². The molecule has 0 bridgehead atoms. The number of nitrogens with zero attached hydrogens (tertiary/aromatic N) is 1. The predicted molar refractivity (Wildman–Crippen MR) is 149 cm³/mol. The third kappa shape index (κ3) is 5.47. The van der Waals surface area contributed by atoms with Crippen molar-refractivity contribution < 1.29 is 4.79 Å². The molecule has 0 saturated heterocycles. The zero-order valence-corrected chi connectivity index (χ0v) is 21.7. The van der Waals surface area contributed by atoms with Gasteiger partial charge >= 0.3 is 0 Å². The molecule has 5 aromatic rings. The normalized spacial score (nSPS) is 12.8. The van der Waals surface area contributed by atoms with E-state index in [9.17, 15) is 4.79 Å². The highest BCUT2D eigenvalue weighted by molar-refractivity contribution is 8.01. The molecule has 0 fully saturated rings. The van der Waals surface area contributed by atoms with Gasteiger partial charge in [0.05, 0.1) is 11.4 Å². The van der Waals surface area contributed by atoms with Gasteiger partial charge in [0.1, 0.15) is 11.3 Å². The highest BCUT2D eigenvalue weighted by Crippen LogP contribution is 2.43. The van der Waals surface area contributed by atoms with Gasteiger partial charge < -0.3 is 9.78 Å². The Balaban J connectivity index is 1.54. The van der Waals surface area contributed by atoms with Crippen molar-refractivity contribution in [3.05, 3.63) is 96.2 Å². The second-order valence-corrected chi connectivity index (χ2v) is 12.6. The van der Waals surface area contributed by atoms with Gasteiger partial charge in [-0.15, -0.1) is 11.8 Å². The number of carbonyl (C=O) groups excluding carboxylic acids is 1. The molecule has 0 spiro atoms. The van der Waals surface area contributed by atoms with E-state index in [0.717, 1.165) is 54.2 Å². The number of rotatable bonds is 7. The monoisotopic (exact) mass is 496 g/mol. The first-order valence-electron chi connectivity index (χ1n) is 11.8. The van der Waals surface area contributed by atoms with Crippen LogP contribution in [-0.4, -0.2) is 21.0 Å². The van der Waals surface area contributed by atoms with Crippen molar-refractivity contribution in [3.8, 4) is 0 Å². The molecular weight excluding hydrogens is 468 g/mol. The van der Waals surface area contributed by atoms with Crippen LogP contribution >= 0.6 is 23.5 Å². The number of benzene rings is 3. The van der Waals surface area contributed by atoms with E-state index in [1.165, 1.54) is 0 Å². The molecule has 3 aromatic carbocycles. The third-order valence-corrected chi connectivity index (χ3v) is 7.97. The summed E-state index contributed by atoms with van der Waals surface area (Å²) >= 11 is 3.49. The number of thioether (sulfide) groups is 1. The van der Waals surface area contributed by atoms with Crippen molar-refractivity contribution >= 4 is 51.6 Å². The number of carbonyl (C=O) groups is 1. The molecule has 176 valence electrons. The van der Waals surface area contributed by atoms with Crippen LogP contribution in [0.4, 0.5) is 0 Å². The van der Waals surface area contributed by atoms with Crippen LogP contribution < -0.4 is 0 Å². The minimum absolute atomic E-state index is 0.00705. The highest BCUT2D eigenvalue weighted by atomic mass is 32.2. The minimum atomic E-state index is -0.229. The number of para-hydroxylation sites is 1. The van der Waals surface area contributed by atoms with E-state index in [2.05, 4.69) is 74.3 Å². The van der Waals surface area contributed by atoms with Gasteiger partial charge in [0.2, 0.25) is 0 Å². The van der Waals surface area contributed by atoms with Crippen LogP contribution in [0.15, 0.2) is 99.7 Å². The van der Waals surface area contributed by atoms with Gasteiger partial charge in [-0.3, -0.25) is 0 Å². The number of fused-ring (bicyclic) bond motifs is 2. The molecule has 0 radical (unpaired) electrons. The molecule has 35 heavy (non-hydrogen) atoms. The standard InChI is InChI=1S/C30H28N2OS2/c1-30(2,3)35-29-24-18-23(34-27-16-13-21-11-7-8-12-25(21)31-27)14-15-26(24)32-28(29)22(19-33)17-20-9-5-4-6-10-20/h4-16,18-19,22,32H,17H2,1-3H3. The smallest absolute Gasteiger partial charge is 0.129 e. The van der Waals surface area contributed by atoms with E-state index in [-0.39, 0.29) is 10.7 Å². The molecule has 1 N–H and O–H groups in total. The molecule has 0 aliphatic rings. The number of aromatic amines is 1. The maximum Gasteiger partial charge on any atom is 0.129 e. The Hall–Kier alpha value is -3.02. The van der Waals surface area contributed by atoms with Crippen molar-refractivity contribution in [3.63, 3.8) is 0 Å². The van der Waals surface area contributed by atoms with E-state index in [1.807, 2.05) is 48.2 Å². The number of H-pyrrole nitrogens is 1. The summed E-state index contributed by atoms with van der Waals surface area (Å²) in [4.78, 5) is 23.0. The molecule has 0 aliphatic heterocycles. The van der Waals surface area contributed by atoms with Crippen molar-refractivity contribution in [2.45, 2.75) is 52.7 Å². The van der Waals surface area contributed by atoms with Crippen molar-refractivity contribution in [1.29, 1.82) is 0 Å². The minimum Gasteiger partial charge on any atom is -0.357 e. The van der Waals surface area contributed by atoms with Gasteiger partial charge in [0.25, 0.3) is 0 Å². The number of aromatic nitrogens is 2. The molecule has 1 atom stereocenters. The van der Waals surface area contributed by atoms with E-state index in [0.29, 0.717) is 6.42 Å². The third-order valence-electron chi connectivity index (χ3n) is 5.79. The number of hydrogen-bond donors (Lipinski definition) is 1. The molecule has 0 amide bonds. The SMILES string of the molecule is CC(C)(C)Sc1c(C(C=O)Cc2ccccc2)[nH]c2ccc(Sc3ccc4ccccc4n3)cc12. The first-order valence-corrected chi connectivity index (χ1v) is 13.4. The zero-order valence-electron chi connectivity index (χ0n) is 20.1. The zero-order chi connectivity index (χ0) is 24.4. The van der Waals surface area contributed by atoms with Gasteiger partial charge in [-0.2, -0.15) is 0 Å². The molecule has 5 rings (SSSR count). The van der Waals surface area contributed by atoms with Crippen LogP contribution in [0.25, 0.3) is 21.8 Å². The lowest BCUT2D eigenvalue weighted by Crippen LogP contribution is -2.10. The van der Waals surface area contributed by atoms with Gasteiger partial charge in [0, 0.05) is 36.5 Å². The average molecular weight is 497 g/mol. The maximum atomic E-state index is 12.3. The lowest BCUT2D eigenvalue weighted by molar-refractivity contribution is -0.109. The first kappa shape index (κ1) is 23.7. The Kier molecular flexibility index (Phi) is 6.72. The largest absolute Gasteiger partial charge is 0.357 e. The molecule has 3 nitrogen and oxygen atoms in total. The Morgan fingerprint density at radius 2 is 1.71 bits per heavy atom. The van der Waals surface area contributed by atoms with E-state index < -0.39 is 0 Å². The second-order valence-electron chi connectivity index (χ2n) is 9.67. The van der Waals surface area contributed by atoms with Crippen molar-refractivity contribution in [2.75, 3.05) is 0 Å². The summed E-state index contributed by atoms with van der Waals surface area (Å²) in [5.74, 6) is -0.229.